The van der Waals surface area contributed by atoms with Crippen molar-refractivity contribution in [3.63, 3.8) is 0 Å². The highest BCUT2D eigenvalue weighted by molar-refractivity contribution is 6.53. The van der Waals surface area contributed by atoms with E-state index >= 15 is 0 Å². The van der Waals surface area contributed by atoms with Crippen molar-refractivity contribution in [3.05, 3.63) is 42.1 Å². The number of carbonyl (C=O) groups excluding carboxylic acids is 4. The SMILES string of the molecule is COC(=O)[C@@]12C(=O)C(=O)N(c3ccccc3)[C@]1(C)C=C(C)N2C(C)=O. The van der Waals surface area contributed by atoms with E-state index in [1.807, 2.05) is 0 Å². The fourth-order valence-electron chi connectivity index (χ4n) is 4.08. The first-order valence-corrected chi connectivity index (χ1v) is 7.76. The summed E-state index contributed by atoms with van der Waals surface area (Å²) in [5, 5.41) is 0. The fourth-order valence-corrected chi connectivity index (χ4v) is 4.08. The Hall–Kier alpha value is -2.96. The number of hydrogen-bond acceptors (Lipinski definition) is 5. The average molecular weight is 342 g/mol. The molecule has 7 nitrogen and oxygen atoms in total. The summed E-state index contributed by atoms with van der Waals surface area (Å²) in [7, 11) is 1.13. The number of hydrogen-bond donors (Lipinski definition) is 0. The summed E-state index contributed by atoms with van der Waals surface area (Å²) >= 11 is 0. The number of para-hydroxylation sites is 1. The number of rotatable bonds is 2. The zero-order chi connectivity index (χ0) is 18.6. The molecule has 2 atom stereocenters. The molecule has 1 aromatic carbocycles. The van der Waals surface area contributed by atoms with Crippen molar-refractivity contribution in [1.82, 2.24) is 4.90 Å². The summed E-state index contributed by atoms with van der Waals surface area (Å²) in [6.07, 6.45) is 1.60. The maximum atomic E-state index is 13.0. The summed E-state index contributed by atoms with van der Waals surface area (Å²) < 4.78 is 4.87. The molecule has 1 saturated heterocycles. The lowest BCUT2D eigenvalue weighted by molar-refractivity contribution is -0.164. The Balaban J connectivity index is 2.34. The second-order valence-corrected chi connectivity index (χ2v) is 6.29. The molecule has 0 N–H and O–H groups in total. The molecular formula is C18H18N2O5. The Morgan fingerprint density at radius 2 is 1.72 bits per heavy atom. The van der Waals surface area contributed by atoms with Crippen molar-refractivity contribution in [2.75, 3.05) is 12.0 Å². The van der Waals surface area contributed by atoms with E-state index in [-0.39, 0.29) is 0 Å². The predicted octanol–water partition coefficient (Wildman–Crippen LogP) is 1.04. The Morgan fingerprint density at radius 3 is 2.24 bits per heavy atom. The second-order valence-electron chi connectivity index (χ2n) is 6.29. The van der Waals surface area contributed by atoms with Gasteiger partial charge in [-0.2, -0.15) is 0 Å². The Morgan fingerprint density at radius 1 is 1.12 bits per heavy atom. The van der Waals surface area contributed by atoms with Gasteiger partial charge in [-0.05, 0) is 32.1 Å². The number of fused-ring (bicyclic) bond motifs is 1. The molecule has 130 valence electrons. The van der Waals surface area contributed by atoms with E-state index in [1.54, 1.807) is 50.3 Å². The highest BCUT2D eigenvalue weighted by Crippen LogP contribution is 2.51. The molecule has 0 spiro atoms. The van der Waals surface area contributed by atoms with Gasteiger partial charge in [0.25, 0.3) is 11.7 Å². The van der Waals surface area contributed by atoms with Gasteiger partial charge < -0.3 is 4.74 Å². The highest BCUT2D eigenvalue weighted by atomic mass is 16.5. The molecule has 2 amide bonds. The third kappa shape index (κ3) is 1.80. The molecule has 1 fully saturated rings. The van der Waals surface area contributed by atoms with E-state index < -0.39 is 34.6 Å². The third-order valence-electron chi connectivity index (χ3n) is 4.91. The number of amides is 2. The van der Waals surface area contributed by atoms with Gasteiger partial charge in [-0.25, -0.2) is 4.79 Å². The van der Waals surface area contributed by atoms with Gasteiger partial charge in [-0.15, -0.1) is 0 Å². The maximum absolute atomic E-state index is 13.0. The van der Waals surface area contributed by atoms with E-state index in [0.29, 0.717) is 11.4 Å². The van der Waals surface area contributed by atoms with Gasteiger partial charge in [0.05, 0.1) is 7.11 Å². The molecule has 0 bridgehead atoms. The quantitative estimate of drug-likeness (QED) is 0.455. The lowest BCUT2D eigenvalue weighted by Crippen LogP contribution is -2.67. The number of Topliss-reactive ketones (excluding diaryl/α,β-unsaturated/α-hetero) is 1. The molecule has 0 aromatic heterocycles. The minimum absolute atomic E-state index is 0.419. The van der Waals surface area contributed by atoms with Crippen LogP contribution in [0.2, 0.25) is 0 Å². The lowest BCUT2D eigenvalue weighted by atomic mass is 9.78. The minimum atomic E-state index is -2.06. The Bertz CT molecular complexity index is 831. The van der Waals surface area contributed by atoms with Gasteiger partial charge in [0, 0.05) is 18.3 Å². The van der Waals surface area contributed by atoms with Crippen LogP contribution in [0.3, 0.4) is 0 Å². The number of anilines is 1. The minimum Gasteiger partial charge on any atom is -0.467 e. The normalized spacial score (nSPS) is 28.1. The standard InChI is InChI=1S/C18H18N2O5/c1-11-10-17(3)18(16(24)25-4,19(11)12(2)21)14(22)15(23)20(17)13-8-6-5-7-9-13/h5-10H,1-4H3/t17-,18+/m1/s1. The van der Waals surface area contributed by atoms with Crippen molar-refractivity contribution in [2.24, 2.45) is 0 Å². The van der Waals surface area contributed by atoms with Crippen LogP contribution in [-0.2, 0) is 23.9 Å². The van der Waals surface area contributed by atoms with Crippen molar-refractivity contribution >= 4 is 29.3 Å². The Kier molecular flexibility index (Phi) is 3.56. The van der Waals surface area contributed by atoms with E-state index in [2.05, 4.69) is 0 Å². The molecule has 2 heterocycles. The summed E-state index contributed by atoms with van der Waals surface area (Å²) in [5.41, 5.74) is -2.57. The number of allylic oxidation sites excluding steroid dienone is 1. The lowest BCUT2D eigenvalue weighted by Gasteiger charge is -2.41. The predicted molar refractivity (Wildman–Crippen MR) is 88.4 cm³/mol. The van der Waals surface area contributed by atoms with Crippen LogP contribution in [0.25, 0.3) is 0 Å². The van der Waals surface area contributed by atoms with E-state index in [0.717, 1.165) is 12.0 Å². The first kappa shape index (κ1) is 16.9. The number of esters is 1. The summed E-state index contributed by atoms with van der Waals surface area (Å²) in [5.74, 6) is -3.28. The van der Waals surface area contributed by atoms with Crippen LogP contribution in [0.5, 0.6) is 0 Å². The molecular weight excluding hydrogens is 324 g/mol. The molecule has 0 saturated carbocycles. The Labute approximate surface area is 144 Å². The van der Waals surface area contributed by atoms with Crippen LogP contribution in [0.15, 0.2) is 42.1 Å². The van der Waals surface area contributed by atoms with Crippen LogP contribution in [0.4, 0.5) is 5.69 Å². The van der Waals surface area contributed by atoms with Crippen LogP contribution in [0.1, 0.15) is 20.8 Å². The fraction of sp³-hybridized carbons (Fsp3) is 0.333. The molecule has 7 heteroatoms. The summed E-state index contributed by atoms with van der Waals surface area (Å²) in [6, 6.07) is 8.57. The highest BCUT2D eigenvalue weighted by Gasteiger charge is 2.77. The number of carbonyl (C=O) groups is 4. The molecule has 1 aromatic rings. The number of ketones is 1. The summed E-state index contributed by atoms with van der Waals surface area (Å²) in [4.78, 5) is 53.2. The third-order valence-corrected chi connectivity index (χ3v) is 4.91. The largest absolute Gasteiger partial charge is 0.467 e. The van der Waals surface area contributed by atoms with Crippen LogP contribution in [-0.4, -0.2) is 46.7 Å². The van der Waals surface area contributed by atoms with Gasteiger partial charge in [0.1, 0.15) is 5.54 Å². The summed E-state index contributed by atoms with van der Waals surface area (Å²) in [6.45, 7) is 4.46. The van der Waals surface area contributed by atoms with E-state index in [1.165, 1.54) is 11.8 Å². The van der Waals surface area contributed by atoms with Crippen molar-refractivity contribution < 1.29 is 23.9 Å². The second kappa shape index (κ2) is 5.27. The zero-order valence-corrected chi connectivity index (χ0v) is 14.4. The molecule has 0 radical (unpaired) electrons. The van der Waals surface area contributed by atoms with Crippen molar-refractivity contribution in [3.8, 4) is 0 Å². The topological polar surface area (TPSA) is 84.0 Å². The van der Waals surface area contributed by atoms with Gasteiger partial charge >= 0.3 is 5.97 Å². The molecule has 2 aliphatic rings. The molecule has 0 unspecified atom stereocenters. The van der Waals surface area contributed by atoms with Crippen LogP contribution >= 0.6 is 0 Å². The molecule has 3 rings (SSSR count). The zero-order valence-electron chi connectivity index (χ0n) is 14.4. The number of benzene rings is 1. The van der Waals surface area contributed by atoms with Crippen LogP contribution in [0, 0.1) is 0 Å². The molecule has 25 heavy (non-hydrogen) atoms. The smallest absolute Gasteiger partial charge is 0.343 e. The van der Waals surface area contributed by atoms with Crippen molar-refractivity contribution in [1.29, 1.82) is 0 Å². The van der Waals surface area contributed by atoms with E-state index in [9.17, 15) is 19.2 Å². The monoisotopic (exact) mass is 342 g/mol. The van der Waals surface area contributed by atoms with E-state index in [4.69, 9.17) is 4.74 Å². The number of nitrogens with zero attached hydrogens (tertiary/aromatic N) is 2. The first-order chi connectivity index (χ1) is 11.7. The molecule has 0 aliphatic carbocycles. The van der Waals surface area contributed by atoms with Gasteiger partial charge in [0.15, 0.2) is 0 Å². The first-order valence-electron chi connectivity index (χ1n) is 7.76. The van der Waals surface area contributed by atoms with Gasteiger partial charge in [0.2, 0.25) is 11.4 Å². The number of methoxy groups -OCH3 is 1. The molecule has 2 aliphatic heterocycles. The van der Waals surface area contributed by atoms with Gasteiger partial charge in [-0.1, -0.05) is 18.2 Å². The average Bonchev–Trinajstić information content (AvgIpc) is 2.90. The van der Waals surface area contributed by atoms with Crippen LogP contribution < -0.4 is 4.90 Å². The maximum Gasteiger partial charge on any atom is 0.343 e. The van der Waals surface area contributed by atoms with Gasteiger partial charge in [-0.3, -0.25) is 24.2 Å². The van der Waals surface area contributed by atoms with Crippen molar-refractivity contribution in [2.45, 2.75) is 31.8 Å². The number of ether oxygens (including phenoxy) is 1.